The van der Waals surface area contributed by atoms with Crippen LogP contribution in [0.15, 0.2) is 48.5 Å². The number of carbonyl (C=O) groups is 2. The Balaban J connectivity index is 0.000000662. The Labute approximate surface area is 151 Å². The highest BCUT2D eigenvalue weighted by Gasteiger charge is 1.99. The molecule has 0 saturated carbocycles. The molecule has 0 aliphatic carbocycles. The number of hydrogen-bond donors (Lipinski definition) is 4. The minimum absolute atomic E-state index is 0.102. The predicted molar refractivity (Wildman–Crippen MR) is 90.2 cm³/mol. The molecule has 8 N–H and O–H groups in total. The van der Waals surface area contributed by atoms with Crippen LogP contribution in [0.4, 0.5) is 0 Å². The number of rotatable bonds is 5. The lowest BCUT2D eigenvalue weighted by Crippen LogP contribution is -2.51. The zero-order valence-electron chi connectivity index (χ0n) is 14.4. The van der Waals surface area contributed by atoms with Crippen LogP contribution >= 0.6 is 0 Å². The quantitative estimate of drug-likeness (QED) is 0.428. The van der Waals surface area contributed by atoms with Crippen molar-refractivity contribution in [3.8, 4) is 11.1 Å². The van der Waals surface area contributed by atoms with E-state index in [-0.39, 0.29) is 24.3 Å². The summed E-state index contributed by atoms with van der Waals surface area (Å²) in [5.41, 5.74) is 8.50. The Hall–Kier alpha value is -2.78. The molecule has 0 fully saturated rings. The maximum absolute atomic E-state index is 10.6. The molecule has 0 bridgehead atoms. The molecule has 0 saturated heterocycles. The molecule has 2 aromatic carbocycles. The van der Waals surface area contributed by atoms with Gasteiger partial charge in [0, 0.05) is 0 Å². The second-order valence-corrected chi connectivity index (χ2v) is 4.88. The number of carboxylic acid groups (broad SMARTS) is 2. The molecule has 0 spiro atoms. The first-order valence-electron chi connectivity index (χ1n) is 7.84. The summed E-state index contributed by atoms with van der Waals surface area (Å²) in [6.45, 7) is 1.67. The van der Waals surface area contributed by atoms with Crippen molar-refractivity contribution in [3.05, 3.63) is 59.7 Å². The molecule has 0 radical (unpaired) electrons. The van der Waals surface area contributed by atoms with Crippen molar-refractivity contribution in [2.75, 3.05) is 26.3 Å². The summed E-state index contributed by atoms with van der Waals surface area (Å²) in [7, 11) is 0. The molecule has 0 aliphatic heterocycles. The van der Waals surface area contributed by atoms with Crippen LogP contribution in [0.3, 0.4) is 0 Å². The van der Waals surface area contributed by atoms with Gasteiger partial charge in [-0.1, -0.05) is 48.5 Å². The molecule has 8 heteroatoms. The molecule has 0 aliphatic rings. The van der Waals surface area contributed by atoms with Crippen LogP contribution in [0.25, 0.3) is 11.1 Å². The van der Waals surface area contributed by atoms with E-state index in [4.69, 9.17) is 10.2 Å². The molecule has 142 valence electrons. The number of carboxylic acids is 2. The molecule has 2 aromatic rings. The molecule has 26 heavy (non-hydrogen) atoms. The highest BCUT2D eigenvalue weighted by atomic mass is 16.4. The van der Waals surface area contributed by atoms with E-state index in [0.717, 1.165) is 11.1 Å². The number of aromatic carboxylic acids is 2. The Morgan fingerprint density at radius 2 is 0.923 bits per heavy atom. The zero-order valence-corrected chi connectivity index (χ0v) is 14.4. The van der Waals surface area contributed by atoms with Crippen molar-refractivity contribution < 1.29 is 41.5 Å². The molecule has 0 atom stereocenters. The normalized spacial score (nSPS) is 9.23. The fraction of sp³-hybridized carbons (Fsp3) is 0.222. The van der Waals surface area contributed by atoms with E-state index in [2.05, 4.69) is 11.5 Å². The predicted octanol–water partition coefficient (Wildman–Crippen LogP) is -3.48. The summed E-state index contributed by atoms with van der Waals surface area (Å²) in [6, 6.07) is 12.3. The van der Waals surface area contributed by atoms with Gasteiger partial charge < -0.3 is 41.5 Å². The lowest BCUT2D eigenvalue weighted by molar-refractivity contribution is -0.372. The summed E-state index contributed by atoms with van der Waals surface area (Å²) >= 11 is 0. The van der Waals surface area contributed by atoms with E-state index in [1.165, 1.54) is 24.3 Å². The Bertz CT molecular complexity index is 593. The van der Waals surface area contributed by atoms with Crippen LogP contribution in [0.1, 0.15) is 20.7 Å². The van der Waals surface area contributed by atoms with Crippen LogP contribution in [0, 0.1) is 0 Å². The topological polar surface area (TPSA) is 176 Å². The minimum atomic E-state index is -1.23. The SMILES string of the molecule is O=C([O-])c1ccc(-c2ccc(C(=O)[O-])cc2)cc1.[NH3+]CCO.[NH3+]CCO. The van der Waals surface area contributed by atoms with Gasteiger partial charge in [0.2, 0.25) is 0 Å². The molecular weight excluding hydrogens is 340 g/mol. The molecule has 0 aromatic heterocycles. The van der Waals surface area contributed by atoms with Gasteiger partial charge in [0.05, 0.1) is 38.2 Å². The van der Waals surface area contributed by atoms with Gasteiger partial charge >= 0.3 is 0 Å². The van der Waals surface area contributed by atoms with E-state index in [1.807, 2.05) is 0 Å². The molecule has 0 amide bonds. The lowest BCUT2D eigenvalue weighted by Gasteiger charge is -2.07. The zero-order chi connectivity index (χ0) is 19.9. The molecule has 0 heterocycles. The average Bonchev–Trinajstić information content (AvgIpc) is 2.68. The third-order valence-corrected chi connectivity index (χ3v) is 2.89. The van der Waals surface area contributed by atoms with Crippen LogP contribution in [0.5, 0.6) is 0 Å². The van der Waals surface area contributed by atoms with Crippen LogP contribution < -0.4 is 21.7 Å². The van der Waals surface area contributed by atoms with E-state index in [0.29, 0.717) is 13.1 Å². The number of quaternary nitrogens is 2. The first kappa shape index (κ1) is 23.2. The van der Waals surface area contributed by atoms with Crippen molar-refractivity contribution in [2.24, 2.45) is 0 Å². The summed E-state index contributed by atoms with van der Waals surface area (Å²) in [4.78, 5) is 21.2. The number of carbonyl (C=O) groups excluding carboxylic acids is 2. The number of benzene rings is 2. The van der Waals surface area contributed by atoms with E-state index in [1.54, 1.807) is 24.3 Å². The number of hydrogen-bond acceptors (Lipinski definition) is 6. The van der Waals surface area contributed by atoms with Gasteiger partial charge in [0.1, 0.15) is 0 Å². The Morgan fingerprint density at radius 3 is 1.08 bits per heavy atom. The third kappa shape index (κ3) is 8.90. The van der Waals surface area contributed by atoms with Crippen molar-refractivity contribution >= 4 is 11.9 Å². The van der Waals surface area contributed by atoms with E-state index in [9.17, 15) is 19.8 Å². The first-order valence-corrected chi connectivity index (χ1v) is 7.84. The number of aliphatic hydroxyl groups is 2. The van der Waals surface area contributed by atoms with Gasteiger partial charge in [-0.2, -0.15) is 0 Å². The fourth-order valence-electron chi connectivity index (χ4n) is 1.60. The third-order valence-electron chi connectivity index (χ3n) is 2.89. The van der Waals surface area contributed by atoms with Crippen molar-refractivity contribution in [1.29, 1.82) is 0 Å². The van der Waals surface area contributed by atoms with Crippen LogP contribution in [-0.2, 0) is 0 Å². The average molecular weight is 364 g/mol. The molecule has 8 nitrogen and oxygen atoms in total. The molecule has 2 rings (SSSR count). The highest BCUT2D eigenvalue weighted by Crippen LogP contribution is 2.20. The fourth-order valence-corrected chi connectivity index (χ4v) is 1.60. The second kappa shape index (κ2) is 13.5. The highest BCUT2D eigenvalue weighted by molar-refractivity contribution is 5.88. The van der Waals surface area contributed by atoms with E-state index < -0.39 is 11.9 Å². The summed E-state index contributed by atoms with van der Waals surface area (Å²) in [5.74, 6) is -2.46. The first-order chi connectivity index (χ1) is 12.4. The lowest BCUT2D eigenvalue weighted by atomic mass is 10.0. The van der Waals surface area contributed by atoms with Crippen LogP contribution in [0.2, 0.25) is 0 Å². The largest absolute Gasteiger partial charge is 0.545 e. The van der Waals surface area contributed by atoms with Gasteiger partial charge in [-0.05, 0) is 22.3 Å². The maximum Gasteiger partial charge on any atom is 0.0974 e. The van der Waals surface area contributed by atoms with Crippen molar-refractivity contribution in [3.63, 3.8) is 0 Å². The van der Waals surface area contributed by atoms with Gasteiger partial charge in [-0.25, -0.2) is 0 Å². The minimum Gasteiger partial charge on any atom is -0.545 e. The summed E-state index contributed by atoms with van der Waals surface area (Å²) in [6.07, 6.45) is 0. The van der Waals surface area contributed by atoms with Gasteiger partial charge in [-0.3, -0.25) is 0 Å². The Morgan fingerprint density at radius 1 is 0.692 bits per heavy atom. The number of aliphatic hydroxyl groups excluding tert-OH is 2. The van der Waals surface area contributed by atoms with Crippen molar-refractivity contribution in [1.82, 2.24) is 0 Å². The van der Waals surface area contributed by atoms with Gasteiger partial charge in [0.25, 0.3) is 0 Å². The van der Waals surface area contributed by atoms with E-state index >= 15 is 0 Å². The standard InChI is InChI=1S/C14H10O4.2C2H7NO/c15-13(16)11-5-1-9(2-6-11)10-3-7-12(8-4-10)14(17)18;2*3-1-2-4/h1-8H,(H,15,16)(H,17,18);2*4H,1-3H2. The summed E-state index contributed by atoms with van der Waals surface area (Å²) < 4.78 is 0. The monoisotopic (exact) mass is 364 g/mol. The van der Waals surface area contributed by atoms with Crippen molar-refractivity contribution in [2.45, 2.75) is 0 Å². The van der Waals surface area contributed by atoms with Gasteiger partial charge in [0.15, 0.2) is 0 Å². The Kier molecular flexibility index (Phi) is 12.1. The second-order valence-electron chi connectivity index (χ2n) is 4.88. The van der Waals surface area contributed by atoms with Crippen LogP contribution in [-0.4, -0.2) is 48.5 Å². The smallest absolute Gasteiger partial charge is 0.0974 e. The summed E-state index contributed by atoms with van der Waals surface area (Å²) in [5, 5.41) is 36.8. The molecule has 0 unspecified atom stereocenters. The maximum atomic E-state index is 10.6. The molecular formula is C18H24N2O6. The van der Waals surface area contributed by atoms with Gasteiger partial charge in [-0.15, -0.1) is 0 Å².